The molecule has 1 saturated carbocycles. The summed E-state index contributed by atoms with van der Waals surface area (Å²) in [4.78, 5) is 23.1. The second-order valence-electron chi connectivity index (χ2n) is 4.33. The lowest BCUT2D eigenvalue weighted by Crippen LogP contribution is -2.15. The fourth-order valence-corrected chi connectivity index (χ4v) is 1.93. The molecule has 0 spiro atoms. The molecule has 0 aliphatic heterocycles. The lowest BCUT2D eigenvalue weighted by Gasteiger charge is -2.08. The van der Waals surface area contributed by atoms with Crippen LogP contribution in [-0.4, -0.2) is 23.8 Å². The number of thioether (sulfide) groups is 1. The quantitative estimate of drug-likeness (QED) is 0.858. The van der Waals surface area contributed by atoms with E-state index in [1.165, 1.54) is 11.8 Å². The maximum Gasteiger partial charge on any atom is 0.234 e. The van der Waals surface area contributed by atoms with Crippen molar-refractivity contribution in [1.82, 2.24) is 0 Å². The zero-order valence-electron chi connectivity index (χ0n) is 10.2. The van der Waals surface area contributed by atoms with Crippen LogP contribution in [0.4, 0.5) is 11.4 Å². The van der Waals surface area contributed by atoms with E-state index in [2.05, 4.69) is 10.6 Å². The van der Waals surface area contributed by atoms with Crippen molar-refractivity contribution in [3.63, 3.8) is 0 Å². The summed E-state index contributed by atoms with van der Waals surface area (Å²) in [6.45, 7) is 0. The average Bonchev–Trinajstić information content (AvgIpc) is 3.13. The number of carbonyl (C=O) groups is 2. The van der Waals surface area contributed by atoms with Crippen LogP contribution in [0.2, 0.25) is 0 Å². The van der Waals surface area contributed by atoms with E-state index >= 15 is 0 Å². The highest BCUT2D eigenvalue weighted by atomic mass is 32.2. The third-order valence-electron chi connectivity index (χ3n) is 2.64. The molecule has 1 fully saturated rings. The highest BCUT2D eigenvalue weighted by Gasteiger charge is 2.29. The van der Waals surface area contributed by atoms with Crippen LogP contribution in [0.15, 0.2) is 24.3 Å². The number of amides is 2. The molecule has 0 aromatic heterocycles. The Morgan fingerprint density at radius 2 is 1.94 bits per heavy atom. The van der Waals surface area contributed by atoms with Crippen molar-refractivity contribution in [2.45, 2.75) is 12.8 Å². The molecule has 18 heavy (non-hydrogen) atoms. The summed E-state index contributed by atoms with van der Waals surface area (Å²) in [5.74, 6) is 0.647. The van der Waals surface area contributed by atoms with Crippen LogP contribution in [0.25, 0.3) is 0 Å². The summed E-state index contributed by atoms with van der Waals surface area (Å²) >= 11 is 1.47. The second kappa shape index (κ2) is 5.91. The smallest absolute Gasteiger partial charge is 0.234 e. The third-order valence-corrected chi connectivity index (χ3v) is 3.19. The van der Waals surface area contributed by atoms with E-state index in [-0.39, 0.29) is 17.7 Å². The predicted molar refractivity (Wildman–Crippen MR) is 74.8 cm³/mol. The summed E-state index contributed by atoms with van der Waals surface area (Å²) in [6, 6.07) is 7.23. The molecular weight excluding hydrogens is 248 g/mol. The predicted octanol–water partition coefficient (Wildman–Crippen LogP) is 2.34. The first kappa shape index (κ1) is 13.0. The highest BCUT2D eigenvalue weighted by Crippen LogP contribution is 2.30. The number of anilines is 2. The molecule has 1 aromatic rings. The molecule has 2 rings (SSSR count). The van der Waals surface area contributed by atoms with Gasteiger partial charge in [0.2, 0.25) is 11.8 Å². The van der Waals surface area contributed by atoms with Crippen molar-refractivity contribution >= 4 is 35.0 Å². The van der Waals surface area contributed by atoms with E-state index in [9.17, 15) is 9.59 Å². The van der Waals surface area contributed by atoms with Crippen molar-refractivity contribution < 1.29 is 9.59 Å². The zero-order chi connectivity index (χ0) is 13.0. The van der Waals surface area contributed by atoms with E-state index in [1.807, 2.05) is 24.5 Å². The Bertz CT molecular complexity index is 458. The van der Waals surface area contributed by atoms with Crippen molar-refractivity contribution in [3.8, 4) is 0 Å². The van der Waals surface area contributed by atoms with E-state index in [1.54, 1.807) is 6.07 Å². The van der Waals surface area contributed by atoms with E-state index in [0.29, 0.717) is 11.4 Å². The summed E-state index contributed by atoms with van der Waals surface area (Å²) in [7, 11) is 0. The van der Waals surface area contributed by atoms with Crippen molar-refractivity contribution in [3.05, 3.63) is 24.3 Å². The topological polar surface area (TPSA) is 58.2 Å². The fourth-order valence-electron chi connectivity index (χ4n) is 1.59. The Kier molecular flexibility index (Phi) is 4.25. The fraction of sp³-hybridized carbons (Fsp3) is 0.385. The molecule has 1 aliphatic carbocycles. The minimum absolute atomic E-state index is 0.0341. The van der Waals surface area contributed by atoms with Gasteiger partial charge in [0.1, 0.15) is 0 Å². The zero-order valence-corrected chi connectivity index (χ0v) is 11.0. The van der Waals surface area contributed by atoms with Gasteiger partial charge in [-0.1, -0.05) is 6.07 Å². The van der Waals surface area contributed by atoms with Crippen molar-refractivity contribution in [2.24, 2.45) is 5.92 Å². The van der Waals surface area contributed by atoms with Gasteiger partial charge >= 0.3 is 0 Å². The number of hydrogen-bond donors (Lipinski definition) is 2. The molecule has 2 N–H and O–H groups in total. The normalized spacial score (nSPS) is 14.1. The summed E-state index contributed by atoms with van der Waals surface area (Å²) < 4.78 is 0. The van der Waals surface area contributed by atoms with Gasteiger partial charge in [-0.25, -0.2) is 0 Å². The molecule has 2 amide bonds. The van der Waals surface area contributed by atoms with Crippen LogP contribution < -0.4 is 10.6 Å². The first-order valence-corrected chi connectivity index (χ1v) is 7.28. The van der Waals surface area contributed by atoms with Gasteiger partial charge in [0.25, 0.3) is 0 Å². The summed E-state index contributed by atoms with van der Waals surface area (Å²) in [6.07, 6.45) is 3.85. The van der Waals surface area contributed by atoms with Gasteiger partial charge in [-0.2, -0.15) is 11.8 Å². The number of benzene rings is 1. The first-order valence-electron chi connectivity index (χ1n) is 5.89. The second-order valence-corrected chi connectivity index (χ2v) is 5.19. The number of carbonyl (C=O) groups excluding carboxylic acids is 2. The van der Waals surface area contributed by atoms with Gasteiger partial charge in [-0.15, -0.1) is 0 Å². The number of rotatable bonds is 5. The van der Waals surface area contributed by atoms with E-state index in [4.69, 9.17) is 0 Å². The maximum absolute atomic E-state index is 11.6. The number of nitrogens with one attached hydrogen (secondary N) is 2. The van der Waals surface area contributed by atoms with Crippen molar-refractivity contribution in [2.75, 3.05) is 22.6 Å². The molecule has 4 nitrogen and oxygen atoms in total. The monoisotopic (exact) mass is 264 g/mol. The van der Waals surface area contributed by atoms with Crippen LogP contribution in [0.1, 0.15) is 12.8 Å². The molecule has 0 atom stereocenters. The molecule has 0 heterocycles. The Hall–Kier alpha value is -1.49. The standard InChI is InChI=1S/C13H16N2O2S/c1-18-8-12(16)14-10-3-2-4-11(7-10)15-13(17)9-5-6-9/h2-4,7,9H,5-6,8H2,1H3,(H,14,16)(H,15,17). The van der Waals surface area contributed by atoms with Crippen LogP contribution >= 0.6 is 11.8 Å². The van der Waals surface area contributed by atoms with Crippen molar-refractivity contribution in [1.29, 1.82) is 0 Å². The Labute approximate surface area is 111 Å². The largest absolute Gasteiger partial charge is 0.326 e. The Balaban J connectivity index is 1.95. The minimum Gasteiger partial charge on any atom is -0.326 e. The molecule has 1 aromatic carbocycles. The summed E-state index contributed by atoms with van der Waals surface area (Å²) in [5.41, 5.74) is 1.44. The van der Waals surface area contributed by atoms with Gasteiger partial charge in [0.05, 0.1) is 5.75 Å². The van der Waals surface area contributed by atoms with Crippen LogP contribution in [0, 0.1) is 5.92 Å². The Morgan fingerprint density at radius 1 is 1.28 bits per heavy atom. The van der Waals surface area contributed by atoms with Crippen LogP contribution in [-0.2, 0) is 9.59 Å². The SMILES string of the molecule is CSCC(=O)Nc1cccc(NC(=O)C2CC2)c1. The lowest BCUT2D eigenvalue weighted by atomic mass is 10.2. The molecule has 0 radical (unpaired) electrons. The molecular formula is C13H16N2O2S. The first-order chi connectivity index (χ1) is 8.69. The molecule has 96 valence electrons. The average molecular weight is 264 g/mol. The Morgan fingerprint density at radius 3 is 2.56 bits per heavy atom. The van der Waals surface area contributed by atoms with Crippen LogP contribution in [0.3, 0.4) is 0 Å². The molecule has 5 heteroatoms. The van der Waals surface area contributed by atoms with Gasteiger partial charge < -0.3 is 10.6 Å². The molecule has 0 saturated heterocycles. The molecule has 0 bridgehead atoms. The lowest BCUT2D eigenvalue weighted by molar-refractivity contribution is -0.117. The maximum atomic E-state index is 11.6. The van der Waals surface area contributed by atoms with Gasteiger partial charge in [-0.05, 0) is 37.3 Å². The number of hydrogen-bond acceptors (Lipinski definition) is 3. The third kappa shape index (κ3) is 3.77. The van der Waals surface area contributed by atoms with E-state index in [0.717, 1.165) is 18.5 Å². The van der Waals surface area contributed by atoms with E-state index < -0.39 is 0 Å². The molecule has 0 unspecified atom stereocenters. The van der Waals surface area contributed by atoms with Gasteiger partial charge in [0.15, 0.2) is 0 Å². The highest BCUT2D eigenvalue weighted by molar-refractivity contribution is 7.99. The molecule has 1 aliphatic rings. The summed E-state index contributed by atoms with van der Waals surface area (Å²) in [5, 5.41) is 5.64. The van der Waals surface area contributed by atoms with Crippen LogP contribution in [0.5, 0.6) is 0 Å². The minimum atomic E-state index is -0.0341. The van der Waals surface area contributed by atoms with Gasteiger partial charge in [-0.3, -0.25) is 9.59 Å². The van der Waals surface area contributed by atoms with Gasteiger partial charge in [0, 0.05) is 17.3 Å².